The van der Waals surface area contributed by atoms with Gasteiger partial charge in [0.1, 0.15) is 0 Å². The molecule has 0 heterocycles. The Hall–Kier alpha value is 0.310. The molecule has 68 valence electrons. The molecule has 2 heteroatoms. The molecule has 2 atom stereocenters. The van der Waals surface area contributed by atoms with Gasteiger partial charge in [0.15, 0.2) is 0 Å². The van der Waals surface area contributed by atoms with Crippen LogP contribution in [0.4, 0.5) is 0 Å². The van der Waals surface area contributed by atoms with Crippen molar-refractivity contribution >= 4 is 11.8 Å². The van der Waals surface area contributed by atoms with Crippen molar-refractivity contribution in [2.45, 2.75) is 45.4 Å². The molecule has 1 nitrogen and oxygen atoms in total. The van der Waals surface area contributed by atoms with E-state index in [0.29, 0.717) is 12.0 Å². The van der Waals surface area contributed by atoms with Crippen LogP contribution in [0.15, 0.2) is 0 Å². The Kier molecular flexibility index (Phi) is 6.06. The zero-order valence-corrected chi connectivity index (χ0v) is 8.95. The summed E-state index contributed by atoms with van der Waals surface area (Å²) >= 11 is 1.99. The molecule has 0 aromatic carbocycles. The maximum Gasteiger partial charge on any atom is 0.0153 e. The molecule has 0 radical (unpaired) electrons. The highest BCUT2D eigenvalue weighted by atomic mass is 32.2. The van der Waals surface area contributed by atoms with Crippen LogP contribution < -0.4 is 5.73 Å². The third-order valence-corrected chi connectivity index (χ3v) is 3.48. The van der Waals surface area contributed by atoms with Gasteiger partial charge >= 0.3 is 0 Å². The van der Waals surface area contributed by atoms with Crippen molar-refractivity contribution in [2.24, 2.45) is 11.7 Å². The lowest BCUT2D eigenvalue weighted by molar-refractivity contribution is 0.535. The highest BCUT2D eigenvalue weighted by Gasteiger charge is 2.08. The molecule has 0 aliphatic carbocycles. The van der Waals surface area contributed by atoms with Gasteiger partial charge in [-0.25, -0.2) is 0 Å². The van der Waals surface area contributed by atoms with E-state index in [1.54, 1.807) is 0 Å². The lowest BCUT2D eigenvalue weighted by Crippen LogP contribution is -2.29. The second-order valence-corrected chi connectivity index (χ2v) is 4.93. The van der Waals surface area contributed by atoms with Gasteiger partial charge in [0.25, 0.3) is 0 Å². The topological polar surface area (TPSA) is 26.0 Å². The smallest absolute Gasteiger partial charge is 0.0153 e. The lowest BCUT2D eigenvalue weighted by Gasteiger charge is -2.17. The maximum atomic E-state index is 5.90. The Balaban J connectivity index is 3.37. The highest BCUT2D eigenvalue weighted by molar-refractivity contribution is 7.99. The largest absolute Gasteiger partial charge is 0.327 e. The minimum atomic E-state index is 0.369. The standard InChI is InChI=1S/C9H21NS/c1-5-8(4)11-6-9(10)7(2)3/h7-9H,5-6,10H2,1-4H3. The Morgan fingerprint density at radius 2 is 1.82 bits per heavy atom. The fraction of sp³-hybridized carbons (Fsp3) is 1.00. The van der Waals surface area contributed by atoms with Gasteiger partial charge in [0, 0.05) is 17.0 Å². The molecule has 0 aliphatic rings. The van der Waals surface area contributed by atoms with Gasteiger partial charge in [0.05, 0.1) is 0 Å². The minimum absolute atomic E-state index is 0.369. The number of hydrogen-bond donors (Lipinski definition) is 1. The van der Waals surface area contributed by atoms with Crippen LogP contribution >= 0.6 is 11.8 Å². The van der Waals surface area contributed by atoms with Gasteiger partial charge in [-0.3, -0.25) is 0 Å². The lowest BCUT2D eigenvalue weighted by atomic mass is 10.1. The van der Waals surface area contributed by atoms with Crippen molar-refractivity contribution in [3.05, 3.63) is 0 Å². The highest BCUT2D eigenvalue weighted by Crippen LogP contribution is 2.16. The van der Waals surface area contributed by atoms with E-state index in [-0.39, 0.29) is 0 Å². The first kappa shape index (κ1) is 11.3. The molecule has 11 heavy (non-hydrogen) atoms. The van der Waals surface area contributed by atoms with E-state index in [9.17, 15) is 0 Å². The molecule has 0 fully saturated rings. The molecule has 0 spiro atoms. The summed E-state index contributed by atoms with van der Waals surface area (Å²) in [7, 11) is 0. The van der Waals surface area contributed by atoms with Crippen molar-refractivity contribution in [2.75, 3.05) is 5.75 Å². The van der Waals surface area contributed by atoms with Crippen molar-refractivity contribution in [3.8, 4) is 0 Å². The summed E-state index contributed by atoms with van der Waals surface area (Å²) in [5.74, 6) is 1.72. The molecule has 0 aliphatic heterocycles. The number of hydrogen-bond acceptors (Lipinski definition) is 2. The first-order chi connectivity index (χ1) is 5.07. The predicted octanol–water partition coefficient (Wildman–Crippen LogP) is 2.50. The average molecular weight is 175 g/mol. The van der Waals surface area contributed by atoms with Gasteiger partial charge in [-0.05, 0) is 12.3 Å². The van der Waals surface area contributed by atoms with E-state index in [2.05, 4.69) is 27.7 Å². The Morgan fingerprint density at radius 3 is 2.18 bits per heavy atom. The molecule has 0 aromatic heterocycles. The molecule has 0 rings (SSSR count). The van der Waals surface area contributed by atoms with Crippen molar-refractivity contribution in [1.29, 1.82) is 0 Å². The van der Waals surface area contributed by atoms with Gasteiger partial charge < -0.3 is 5.73 Å². The van der Waals surface area contributed by atoms with Crippen molar-refractivity contribution in [3.63, 3.8) is 0 Å². The van der Waals surface area contributed by atoms with Crippen molar-refractivity contribution in [1.82, 2.24) is 0 Å². The zero-order chi connectivity index (χ0) is 8.85. The van der Waals surface area contributed by atoms with Crippen LogP contribution in [0.3, 0.4) is 0 Å². The Morgan fingerprint density at radius 1 is 1.27 bits per heavy atom. The molecule has 0 saturated heterocycles. The number of rotatable bonds is 5. The third-order valence-electron chi connectivity index (χ3n) is 2.00. The Bertz CT molecular complexity index is 93.6. The van der Waals surface area contributed by atoms with Crippen LogP contribution in [-0.2, 0) is 0 Å². The van der Waals surface area contributed by atoms with Gasteiger partial charge in [-0.15, -0.1) is 0 Å². The van der Waals surface area contributed by atoms with E-state index < -0.39 is 0 Å². The summed E-state index contributed by atoms with van der Waals surface area (Å²) in [4.78, 5) is 0. The van der Waals surface area contributed by atoms with Gasteiger partial charge in [0.2, 0.25) is 0 Å². The zero-order valence-electron chi connectivity index (χ0n) is 8.13. The van der Waals surface area contributed by atoms with E-state index in [4.69, 9.17) is 5.73 Å². The molecule has 0 aromatic rings. The maximum absolute atomic E-state index is 5.90. The Labute approximate surface area is 75.1 Å². The molecular weight excluding hydrogens is 154 g/mol. The first-order valence-corrected chi connectivity index (χ1v) is 5.50. The molecule has 0 bridgehead atoms. The van der Waals surface area contributed by atoms with E-state index in [1.807, 2.05) is 11.8 Å². The van der Waals surface area contributed by atoms with Gasteiger partial charge in [-0.2, -0.15) is 11.8 Å². The second-order valence-electron chi connectivity index (χ2n) is 3.46. The van der Waals surface area contributed by atoms with Crippen LogP contribution in [0.25, 0.3) is 0 Å². The SMILES string of the molecule is CCC(C)SCC(N)C(C)C. The van der Waals surface area contributed by atoms with Crippen LogP contribution in [0, 0.1) is 5.92 Å². The number of nitrogens with two attached hydrogens (primary N) is 1. The van der Waals surface area contributed by atoms with Crippen molar-refractivity contribution < 1.29 is 0 Å². The van der Waals surface area contributed by atoms with Crippen LogP contribution in [0.5, 0.6) is 0 Å². The normalized spacial score (nSPS) is 16.9. The van der Waals surface area contributed by atoms with E-state index >= 15 is 0 Å². The predicted molar refractivity (Wildman–Crippen MR) is 55.0 cm³/mol. The van der Waals surface area contributed by atoms with E-state index in [0.717, 1.165) is 11.0 Å². The third kappa shape index (κ3) is 5.57. The van der Waals surface area contributed by atoms with Crippen LogP contribution in [0.2, 0.25) is 0 Å². The fourth-order valence-corrected chi connectivity index (χ4v) is 1.76. The quantitative estimate of drug-likeness (QED) is 0.695. The summed E-state index contributed by atoms with van der Waals surface area (Å²) in [6, 6.07) is 0.369. The summed E-state index contributed by atoms with van der Waals surface area (Å²) in [6.07, 6.45) is 1.25. The minimum Gasteiger partial charge on any atom is -0.327 e. The summed E-state index contributed by atoms with van der Waals surface area (Å²) in [5.41, 5.74) is 5.90. The molecule has 0 saturated carbocycles. The fourth-order valence-electron chi connectivity index (χ4n) is 0.586. The van der Waals surface area contributed by atoms with Crippen LogP contribution in [-0.4, -0.2) is 17.0 Å². The molecule has 2 N–H and O–H groups in total. The monoisotopic (exact) mass is 175 g/mol. The van der Waals surface area contributed by atoms with Gasteiger partial charge in [-0.1, -0.05) is 27.7 Å². The summed E-state index contributed by atoms with van der Waals surface area (Å²) in [6.45, 7) is 8.85. The van der Waals surface area contributed by atoms with Crippen LogP contribution in [0.1, 0.15) is 34.1 Å². The number of thioether (sulfide) groups is 1. The molecule has 0 amide bonds. The molecule has 2 unspecified atom stereocenters. The van der Waals surface area contributed by atoms with E-state index in [1.165, 1.54) is 6.42 Å². The average Bonchev–Trinajstić information content (AvgIpc) is 1.99. The summed E-state index contributed by atoms with van der Waals surface area (Å²) < 4.78 is 0. The summed E-state index contributed by atoms with van der Waals surface area (Å²) in [5, 5.41) is 0.764. The first-order valence-electron chi connectivity index (χ1n) is 4.45. The molecular formula is C9H21NS. The second kappa shape index (κ2) is 5.90.